The fourth-order valence-corrected chi connectivity index (χ4v) is 3.61. The summed E-state index contributed by atoms with van der Waals surface area (Å²) in [5.41, 5.74) is 13.8. The predicted octanol–water partition coefficient (Wildman–Crippen LogP) is 0.676. The van der Waals surface area contributed by atoms with Crippen molar-refractivity contribution in [1.29, 1.82) is 0 Å². The van der Waals surface area contributed by atoms with Gasteiger partial charge >= 0.3 is 0 Å². The number of rotatable bonds is 3. The van der Waals surface area contributed by atoms with Gasteiger partial charge in [0.25, 0.3) is 0 Å². The Morgan fingerprint density at radius 2 is 1.95 bits per heavy atom. The van der Waals surface area contributed by atoms with Crippen molar-refractivity contribution >= 4 is 11.5 Å². The van der Waals surface area contributed by atoms with Crippen molar-refractivity contribution in [3.05, 3.63) is 11.8 Å². The van der Waals surface area contributed by atoms with Gasteiger partial charge in [-0.05, 0) is 43.6 Å². The van der Waals surface area contributed by atoms with Crippen molar-refractivity contribution in [2.75, 3.05) is 13.7 Å². The first-order valence-electron chi connectivity index (χ1n) is 7.22. The van der Waals surface area contributed by atoms with Gasteiger partial charge in [-0.1, -0.05) is 0 Å². The molecule has 4 aliphatic rings. The molecule has 2 heterocycles. The molecule has 0 spiro atoms. The molecule has 1 unspecified atom stereocenters. The molecule has 0 amide bonds. The highest BCUT2D eigenvalue weighted by atomic mass is 15.3. The van der Waals surface area contributed by atoms with Crippen LogP contribution < -0.4 is 11.5 Å². The maximum absolute atomic E-state index is 6.67. The fourth-order valence-electron chi connectivity index (χ4n) is 3.61. The Kier molecular flexibility index (Phi) is 2.17. The SMILES string of the molecule is CN1CN=C2C(N)=CC(N)(C(C3CC3)C3CC3)N=C21. The van der Waals surface area contributed by atoms with Gasteiger partial charge in [0.1, 0.15) is 18.0 Å². The smallest absolute Gasteiger partial charge is 0.155 e. The van der Waals surface area contributed by atoms with Crippen LogP contribution in [0.2, 0.25) is 0 Å². The lowest BCUT2D eigenvalue weighted by molar-refractivity contribution is 0.265. The van der Waals surface area contributed by atoms with Crippen LogP contribution in [0.5, 0.6) is 0 Å². The van der Waals surface area contributed by atoms with Crippen LogP contribution in [0.1, 0.15) is 25.7 Å². The number of amidine groups is 1. The normalized spacial score (nSPS) is 34.1. The first-order chi connectivity index (χ1) is 9.08. The quantitative estimate of drug-likeness (QED) is 0.782. The van der Waals surface area contributed by atoms with Crippen LogP contribution in [0, 0.1) is 17.8 Å². The molecule has 2 aliphatic carbocycles. The van der Waals surface area contributed by atoms with Crippen LogP contribution in [0.3, 0.4) is 0 Å². The van der Waals surface area contributed by atoms with E-state index in [4.69, 9.17) is 16.5 Å². The average molecular weight is 259 g/mol. The largest absolute Gasteiger partial charge is 0.397 e. The topological polar surface area (TPSA) is 80.0 Å². The van der Waals surface area contributed by atoms with E-state index < -0.39 is 5.66 Å². The molecule has 0 saturated heterocycles. The van der Waals surface area contributed by atoms with Crippen LogP contribution in [-0.2, 0) is 0 Å². The summed E-state index contributed by atoms with van der Waals surface area (Å²) in [6.07, 6.45) is 7.17. The summed E-state index contributed by atoms with van der Waals surface area (Å²) in [5, 5.41) is 0. The molecule has 0 radical (unpaired) electrons. The summed E-state index contributed by atoms with van der Waals surface area (Å²) < 4.78 is 0. The Morgan fingerprint density at radius 1 is 1.32 bits per heavy atom. The third-order valence-electron chi connectivity index (χ3n) is 4.77. The van der Waals surface area contributed by atoms with Crippen LogP contribution in [0.4, 0.5) is 0 Å². The van der Waals surface area contributed by atoms with Gasteiger partial charge in [0.05, 0.1) is 5.70 Å². The van der Waals surface area contributed by atoms with Crippen LogP contribution in [-0.4, -0.2) is 35.8 Å². The predicted molar refractivity (Wildman–Crippen MR) is 75.6 cm³/mol. The molecule has 2 fully saturated rings. The Labute approximate surface area is 113 Å². The number of nitrogens with zero attached hydrogens (tertiary/aromatic N) is 3. The van der Waals surface area contributed by atoms with E-state index in [-0.39, 0.29) is 0 Å². The summed E-state index contributed by atoms with van der Waals surface area (Å²) in [7, 11) is 2.00. The summed E-state index contributed by atoms with van der Waals surface area (Å²) in [6, 6.07) is 0. The van der Waals surface area contributed by atoms with E-state index in [0.29, 0.717) is 18.3 Å². The zero-order valence-electron chi connectivity index (χ0n) is 11.3. The lowest BCUT2D eigenvalue weighted by Gasteiger charge is -2.36. The summed E-state index contributed by atoms with van der Waals surface area (Å²) in [4.78, 5) is 11.3. The summed E-state index contributed by atoms with van der Waals surface area (Å²) in [6.45, 7) is 0.635. The minimum absolute atomic E-state index is 0.467. The van der Waals surface area contributed by atoms with Crippen molar-refractivity contribution in [3.8, 4) is 0 Å². The standard InChI is InChI=1S/C14H21N5/c1-19-7-17-12-10(15)6-14(16,18-13(12)19)11(8-2-3-8)9-4-5-9/h6,8-9,11H,2-5,7,15-16H2,1H3. The number of aliphatic imine (C=N–C) groups is 2. The molecule has 4 rings (SSSR count). The number of hydrogen-bond donors (Lipinski definition) is 2. The minimum Gasteiger partial charge on any atom is -0.397 e. The second-order valence-corrected chi connectivity index (χ2v) is 6.47. The number of fused-ring (bicyclic) bond motifs is 1. The average Bonchev–Trinajstić information content (AvgIpc) is 3.24. The van der Waals surface area contributed by atoms with Gasteiger partial charge in [-0.25, -0.2) is 4.99 Å². The lowest BCUT2D eigenvalue weighted by atomic mass is 9.82. The highest BCUT2D eigenvalue weighted by molar-refractivity contribution is 6.48. The van der Waals surface area contributed by atoms with E-state index in [1.54, 1.807) is 0 Å². The fraction of sp³-hybridized carbons (Fsp3) is 0.714. The molecule has 0 bridgehead atoms. The molecule has 2 aliphatic heterocycles. The molecule has 4 N–H and O–H groups in total. The first kappa shape index (κ1) is 11.5. The van der Waals surface area contributed by atoms with E-state index in [0.717, 1.165) is 23.4 Å². The Balaban J connectivity index is 1.75. The molecule has 0 aromatic rings. The minimum atomic E-state index is -0.612. The summed E-state index contributed by atoms with van der Waals surface area (Å²) >= 11 is 0. The van der Waals surface area contributed by atoms with Crippen molar-refractivity contribution in [3.63, 3.8) is 0 Å². The van der Waals surface area contributed by atoms with E-state index >= 15 is 0 Å². The maximum Gasteiger partial charge on any atom is 0.155 e. The molecule has 19 heavy (non-hydrogen) atoms. The molecule has 5 heteroatoms. The Hall–Kier alpha value is -1.36. The van der Waals surface area contributed by atoms with Gasteiger partial charge in [-0.15, -0.1) is 0 Å². The molecule has 2 saturated carbocycles. The van der Waals surface area contributed by atoms with E-state index in [1.165, 1.54) is 25.7 Å². The molecule has 0 aromatic carbocycles. The van der Waals surface area contributed by atoms with Gasteiger partial charge in [0, 0.05) is 13.0 Å². The van der Waals surface area contributed by atoms with Gasteiger partial charge in [0.2, 0.25) is 0 Å². The van der Waals surface area contributed by atoms with Crippen LogP contribution in [0.15, 0.2) is 21.8 Å². The van der Waals surface area contributed by atoms with Crippen LogP contribution in [0.25, 0.3) is 0 Å². The van der Waals surface area contributed by atoms with Crippen molar-refractivity contribution in [1.82, 2.24) is 4.90 Å². The molecule has 102 valence electrons. The third-order valence-corrected chi connectivity index (χ3v) is 4.77. The number of dihydropyridines is 1. The molecular weight excluding hydrogens is 238 g/mol. The van der Waals surface area contributed by atoms with Crippen LogP contribution >= 0.6 is 0 Å². The second-order valence-electron chi connectivity index (χ2n) is 6.47. The molecule has 5 nitrogen and oxygen atoms in total. The van der Waals surface area contributed by atoms with Crippen molar-refractivity contribution in [2.45, 2.75) is 31.3 Å². The van der Waals surface area contributed by atoms with E-state index in [1.807, 2.05) is 18.0 Å². The first-order valence-corrected chi connectivity index (χ1v) is 7.22. The third kappa shape index (κ3) is 1.71. The summed E-state index contributed by atoms with van der Waals surface area (Å²) in [5.74, 6) is 2.84. The lowest BCUT2D eigenvalue weighted by Crippen LogP contribution is -2.51. The van der Waals surface area contributed by atoms with Crippen molar-refractivity contribution < 1.29 is 0 Å². The molecular formula is C14H21N5. The zero-order valence-corrected chi connectivity index (χ0v) is 11.3. The van der Waals surface area contributed by atoms with Gasteiger partial charge in [0.15, 0.2) is 5.84 Å². The highest BCUT2D eigenvalue weighted by Crippen LogP contribution is 2.54. The van der Waals surface area contributed by atoms with E-state index in [2.05, 4.69) is 4.99 Å². The zero-order chi connectivity index (χ0) is 13.2. The Bertz CT molecular complexity index is 500. The van der Waals surface area contributed by atoms with Gasteiger partial charge in [-0.3, -0.25) is 4.99 Å². The van der Waals surface area contributed by atoms with Crippen molar-refractivity contribution in [2.24, 2.45) is 39.2 Å². The van der Waals surface area contributed by atoms with Gasteiger partial charge in [-0.2, -0.15) is 0 Å². The van der Waals surface area contributed by atoms with Gasteiger partial charge < -0.3 is 16.4 Å². The monoisotopic (exact) mass is 259 g/mol. The Morgan fingerprint density at radius 3 is 2.53 bits per heavy atom. The molecule has 0 aromatic heterocycles. The van der Waals surface area contributed by atoms with E-state index in [9.17, 15) is 0 Å². The molecule has 1 atom stereocenters. The maximum atomic E-state index is 6.67. The second kappa shape index (κ2) is 3.60. The number of hydrogen-bond acceptors (Lipinski definition) is 5. The number of nitrogens with two attached hydrogens (primary N) is 2. The highest BCUT2D eigenvalue weighted by Gasteiger charge is 2.52.